The van der Waals surface area contributed by atoms with Crippen LogP contribution in [0.3, 0.4) is 0 Å². The van der Waals surface area contributed by atoms with E-state index in [4.69, 9.17) is 15.9 Å². The Balaban J connectivity index is 2.10. The number of hydrogen-bond donors (Lipinski definition) is 2. The van der Waals surface area contributed by atoms with Crippen molar-refractivity contribution < 1.29 is 4.74 Å². The molecule has 0 aliphatic heterocycles. The van der Waals surface area contributed by atoms with Gasteiger partial charge < -0.3 is 10.5 Å². The number of amidine groups is 1. The van der Waals surface area contributed by atoms with E-state index >= 15 is 0 Å². The van der Waals surface area contributed by atoms with Crippen molar-refractivity contribution in [3.8, 4) is 5.75 Å². The lowest BCUT2D eigenvalue weighted by Crippen LogP contribution is -2.12. The summed E-state index contributed by atoms with van der Waals surface area (Å²) in [4.78, 5) is 0. The zero-order valence-electron chi connectivity index (χ0n) is 9.69. The number of ether oxygens (including phenoxy) is 1. The average molecular weight is 305 g/mol. The first-order valence-electron chi connectivity index (χ1n) is 5.47. The van der Waals surface area contributed by atoms with Crippen molar-refractivity contribution in [3.63, 3.8) is 0 Å². The number of rotatable bonds is 4. The highest BCUT2D eigenvalue weighted by Gasteiger charge is 2.05. The van der Waals surface area contributed by atoms with Gasteiger partial charge >= 0.3 is 0 Å². The molecule has 2 rings (SSSR count). The normalized spacial score (nSPS) is 10.1. The summed E-state index contributed by atoms with van der Waals surface area (Å²) in [5.74, 6) is 0.648. The molecule has 2 aromatic carbocycles. The van der Waals surface area contributed by atoms with Crippen LogP contribution in [0.5, 0.6) is 5.75 Å². The number of benzene rings is 2. The minimum absolute atomic E-state index is 0.0152. The molecule has 92 valence electrons. The Morgan fingerprint density at radius 2 is 1.78 bits per heavy atom. The monoisotopic (exact) mass is 304 g/mol. The predicted molar refractivity (Wildman–Crippen MR) is 75.9 cm³/mol. The van der Waals surface area contributed by atoms with Crippen molar-refractivity contribution in [1.82, 2.24) is 0 Å². The van der Waals surface area contributed by atoms with E-state index in [1.165, 1.54) is 0 Å². The molecule has 0 fully saturated rings. The van der Waals surface area contributed by atoms with E-state index < -0.39 is 0 Å². The summed E-state index contributed by atoms with van der Waals surface area (Å²) in [5, 5.41) is 7.48. The first-order valence-corrected chi connectivity index (χ1v) is 6.27. The molecule has 0 radical (unpaired) electrons. The van der Waals surface area contributed by atoms with Crippen LogP contribution in [-0.2, 0) is 6.61 Å². The van der Waals surface area contributed by atoms with Crippen molar-refractivity contribution in [2.24, 2.45) is 5.73 Å². The Morgan fingerprint density at radius 1 is 1.11 bits per heavy atom. The van der Waals surface area contributed by atoms with Crippen LogP contribution in [0, 0.1) is 5.41 Å². The van der Waals surface area contributed by atoms with Crippen molar-refractivity contribution in [2.75, 3.05) is 0 Å². The lowest BCUT2D eigenvalue weighted by Gasteiger charge is -2.10. The molecular formula is C14H13BrN2O. The fraction of sp³-hybridized carbons (Fsp3) is 0.0714. The first kappa shape index (κ1) is 12.6. The third-order valence-electron chi connectivity index (χ3n) is 2.48. The molecule has 3 N–H and O–H groups in total. The summed E-state index contributed by atoms with van der Waals surface area (Å²) in [6, 6.07) is 15.2. The van der Waals surface area contributed by atoms with E-state index in [0.717, 1.165) is 10.0 Å². The van der Waals surface area contributed by atoms with Gasteiger partial charge in [-0.2, -0.15) is 0 Å². The van der Waals surface area contributed by atoms with Crippen LogP contribution >= 0.6 is 15.9 Å². The second kappa shape index (κ2) is 5.69. The van der Waals surface area contributed by atoms with Gasteiger partial charge in [0, 0.05) is 4.47 Å². The van der Waals surface area contributed by atoms with Crippen LogP contribution in [0.25, 0.3) is 0 Å². The van der Waals surface area contributed by atoms with Gasteiger partial charge in [-0.15, -0.1) is 0 Å². The highest BCUT2D eigenvalue weighted by atomic mass is 79.9. The molecular weight excluding hydrogens is 292 g/mol. The maximum atomic E-state index is 7.48. The smallest absolute Gasteiger partial charge is 0.130 e. The number of nitrogen functional groups attached to an aromatic ring is 1. The third-order valence-corrected chi connectivity index (χ3v) is 3.01. The van der Waals surface area contributed by atoms with Crippen LogP contribution in [0.1, 0.15) is 11.1 Å². The molecule has 4 heteroatoms. The number of halogens is 1. The van der Waals surface area contributed by atoms with E-state index in [-0.39, 0.29) is 5.84 Å². The van der Waals surface area contributed by atoms with E-state index in [1.807, 2.05) is 42.5 Å². The molecule has 0 saturated carbocycles. The maximum Gasteiger partial charge on any atom is 0.130 e. The maximum absolute atomic E-state index is 7.48. The van der Waals surface area contributed by atoms with Crippen molar-refractivity contribution >= 4 is 21.8 Å². The van der Waals surface area contributed by atoms with Gasteiger partial charge in [0.25, 0.3) is 0 Å². The van der Waals surface area contributed by atoms with Crippen LogP contribution < -0.4 is 10.5 Å². The number of hydrogen-bond acceptors (Lipinski definition) is 2. The minimum atomic E-state index is 0.0152. The van der Waals surface area contributed by atoms with Gasteiger partial charge in [-0.25, -0.2) is 0 Å². The van der Waals surface area contributed by atoms with Crippen LogP contribution in [0.4, 0.5) is 0 Å². The van der Waals surface area contributed by atoms with Gasteiger partial charge in [0.2, 0.25) is 0 Å². The molecule has 0 aliphatic carbocycles. The lowest BCUT2D eigenvalue weighted by atomic mass is 10.2. The second-order valence-corrected chi connectivity index (χ2v) is 4.74. The van der Waals surface area contributed by atoms with Crippen LogP contribution in [-0.4, -0.2) is 5.84 Å². The van der Waals surface area contributed by atoms with Crippen LogP contribution in [0.2, 0.25) is 0 Å². The van der Waals surface area contributed by atoms with Gasteiger partial charge in [-0.05, 0) is 29.8 Å². The van der Waals surface area contributed by atoms with Crippen molar-refractivity contribution in [1.29, 1.82) is 5.41 Å². The van der Waals surface area contributed by atoms with E-state index in [2.05, 4.69) is 15.9 Å². The van der Waals surface area contributed by atoms with E-state index in [1.54, 1.807) is 6.07 Å². The van der Waals surface area contributed by atoms with Gasteiger partial charge in [-0.3, -0.25) is 5.41 Å². The molecule has 0 aliphatic rings. The summed E-state index contributed by atoms with van der Waals surface area (Å²) in [5.41, 5.74) is 7.19. The largest absolute Gasteiger partial charge is 0.488 e. The number of nitrogens with two attached hydrogens (primary N) is 1. The Kier molecular flexibility index (Phi) is 3.99. The Labute approximate surface area is 114 Å². The number of nitrogens with one attached hydrogen (secondary N) is 1. The molecule has 0 unspecified atom stereocenters. The van der Waals surface area contributed by atoms with Gasteiger partial charge in [0.15, 0.2) is 0 Å². The fourth-order valence-electron chi connectivity index (χ4n) is 1.56. The van der Waals surface area contributed by atoms with Gasteiger partial charge in [0.1, 0.15) is 18.2 Å². The Bertz CT molecular complexity index is 552. The summed E-state index contributed by atoms with van der Waals surface area (Å²) in [6.45, 7) is 0.456. The highest BCUT2D eigenvalue weighted by molar-refractivity contribution is 9.10. The SMILES string of the molecule is N=C(N)c1ccccc1OCc1ccc(Br)cc1. The summed E-state index contributed by atoms with van der Waals surface area (Å²) in [7, 11) is 0. The number of para-hydroxylation sites is 1. The molecule has 0 amide bonds. The van der Waals surface area contributed by atoms with Crippen LogP contribution in [0.15, 0.2) is 53.0 Å². The summed E-state index contributed by atoms with van der Waals surface area (Å²) in [6.07, 6.45) is 0. The Hall–Kier alpha value is -1.81. The third kappa shape index (κ3) is 3.11. The van der Waals surface area contributed by atoms with E-state index in [9.17, 15) is 0 Å². The molecule has 0 bridgehead atoms. The predicted octanol–water partition coefficient (Wildman–Crippen LogP) is 3.31. The average Bonchev–Trinajstić information content (AvgIpc) is 2.38. The van der Waals surface area contributed by atoms with Gasteiger partial charge in [-0.1, -0.05) is 40.2 Å². The van der Waals surface area contributed by atoms with Crippen molar-refractivity contribution in [2.45, 2.75) is 6.61 Å². The zero-order valence-corrected chi connectivity index (χ0v) is 11.3. The fourth-order valence-corrected chi connectivity index (χ4v) is 1.82. The molecule has 0 aromatic heterocycles. The molecule has 0 atom stereocenters. The first-order chi connectivity index (χ1) is 8.66. The van der Waals surface area contributed by atoms with Gasteiger partial charge in [0.05, 0.1) is 5.56 Å². The summed E-state index contributed by atoms with van der Waals surface area (Å²) >= 11 is 3.39. The van der Waals surface area contributed by atoms with E-state index in [0.29, 0.717) is 17.9 Å². The molecule has 3 nitrogen and oxygen atoms in total. The molecule has 2 aromatic rings. The lowest BCUT2D eigenvalue weighted by molar-refractivity contribution is 0.305. The summed E-state index contributed by atoms with van der Waals surface area (Å²) < 4.78 is 6.73. The standard InChI is InChI=1S/C14H13BrN2O/c15-11-7-5-10(6-8-11)9-18-13-4-2-1-3-12(13)14(16)17/h1-8H,9H2,(H3,16,17). The minimum Gasteiger partial charge on any atom is -0.488 e. The molecule has 18 heavy (non-hydrogen) atoms. The second-order valence-electron chi connectivity index (χ2n) is 3.82. The molecule has 0 saturated heterocycles. The topological polar surface area (TPSA) is 59.1 Å². The molecule has 0 spiro atoms. The Morgan fingerprint density at radius 3 is 2.44 bits per heavy atom. The quantitative estimate of drug-likeness (QED) is 0.672. The highest BCUT2D eigenvalue weighted by Crippen LogP contribution is 2.19. The zero-order chi connectivity index (χ0) is 13.0. The molecule has 0 heterocycles. The van der Waals surface area contributed by atoms with Crippen molar-refractivity contribution in [3.05, 3.63) is 64.1 Å².